The lowest BCUT2D eigenvalue weighted by Gasteiger charge is -2.35. The van der Waals surface area contributed by atoms with Crippen LogP contribution in [-0.2, 0) is 20.8 Å². The van der Waals surface area contributed by atoms with E-state index in [2.05, 4.69) is 4.98 Å². The molecule has 2 aromatic rings. The van der Waals surface area contributed by atoms with Gasteiger partial charge in [0.2, 0.25) is 5.79 Å². The molecule has 1 aromatic heterocycles. The van der Waals surface area contributed by atoms with E-state index in [9.17, 15) is 0 Å². The minimum absolute atomic E-state index is 0.404. The van der Waals surface area contributed by atoms with Crippen molar-refractivity contribution in [3.8, 4) is 11.5 Å². The first-order chi connectivity index (χ1) is 13.4. The van der Waals surface area contributed by atoms with Crippen molar-refractivity contribution in [2.45, 2.75) is 39.3 Å². The summed E-state index contributed by atoms with van der Waals surface area (Å²) in [4.78, 5) is 4.55. The summed E-state index contributed by atoms with van der Waals surface area (Å²) in [6.45, 7) is 6.97. The first kappa shape index (κ1) is 20.9. The van der Waals surface area contributed by atoms with Crippen LogP contribution in [0.1, 0.15) is 42.3 Å². The van der Waals surface area contributed by atoms with Gasteiger partial charge in [0.1, 0.15) is 17.6 Å². The van der Waals surface area contributed by atoms with E-state index in [-0.39, 0.29) is 0 Å². The molecule has 0 saturated heterocycles. The normalized spacial score (nSPS) is 16.2. The number of pyridine rings is 1. The van der Waals surface area contributed by atoms with Crippen LogP contribution < -0.4 is 9.47 Å². The van der Waals surface area contributed by atoms with Crippen molar-refractivity contribution in [1.82, 2.24) is 4.98 Å². The number of benzene rings is 1. The molecule has 0 spiro atoms. The summed E-state index contributed by atoms with van der Waals surface area (Å²) < 4.78 is 28.9. The number of fused-ring (bicyclic) bond motifs is 1. The summed E-state index contributed by atoms with van der Waals surface area (Å²) in [6, 6.07) is 5.49. The van der Waals surface area contributed by atoms with Crippen LogP contribution in [0.4, 0.5) is 0 Å². The van der Waals surface area contributed by atoms with E-state index in [0.29, 0.717) is 30.6 Å². The molecule has 0 aliphatic carbocycles. The molecule has 1 unspecified atom stereocenters. The average Bonchev–Trinajstić information content (AvgIpc) is 2.66. The molecule has 6 nitrogen and oxygen atoms in total. The van der Waals surface area contributed by atoms with Gasteiger partial charge in [-0.25, -0.2) is 0 Å². The average molecular weight is 408 g/mol. The molecular formula is C21H26ClNO5. The number of rotatable bonds is 7. The van der Waals surface area contributed by atoms with Gasteiger partial charge in [0.25, 0.3) is 0 Å². The van der Waals surface area contributed by atoms with Crippen LogP contribution in [0, 0.1) is 6.92 Å². The van der Waals surface area contributed by atoms with E-state index in [1.807, 2.05) is 39.1 Å². The van der Waals surface area contributed by atoms with Gasteiger partial charge in [0.15, 0.2) is 0 Å². The third-order valence-corrected chi connectivity index (χ3v) is 4.83. The number of hydrogen-bond donors (Lipinski definition) is 0. The predicted octanol–water partition coefficient (Wildman–Crippen LogP) is 4.45. The Balaban J connectivity index is 2.10. The zero-order chi connectivity index (χ0) is 20.3. The van der Waals surface area contributed by atoms with Gasteiger partial charge in [-0.1, -0.05) is 17.7 Å². The van der Waals surface area contributed by atoms with Gasteiger partial charge in [0, 0.05) is 48.9 Å². The first-order valence-corrected chi connectivity index (χ1v) is 9.49. The van der Waals surface area contributed by atoms with E-state index < -0.39 is 11.9 Å². The maximum absolute atomic E-state index is 6.20. The largest absolute Gasteiger partial charge is 0.496 e. The highest BCUT2D eigenvalue weighted by atomic mass is 35.5. The van der Waals surface area contributed by atoms with Crippen LogP contribution in [-0.4, -0.2) is 38.2 Å². The van der Waals surface area contributed by atoms with Crippen LogP contribution in [0.5, 0.6) is 11.5 Å². The van der Waals surface area contributed by atoms with Crippen molar-refractivity contribution < 1.29 is 23.7 Å². The Morgan fingerprint density at radius 3 is 2.71 bits per heavy atom. The lowest BCUT2D eigenvalue weighted by molar-refractivity contribution is -0.181. The number of methoxy groups -OCH3 is 2. The molecule has 152 valence electrons. The molecule has 3 rings (SSSR count). The molecule has 0 fully saturated rings. The molecule has 0 N–H and O–H groups in total. The quantitative estimate of drug-likeness (QED) is 0.632. The monoisotopic (exact) mass is 407 g/mol. The van der Waals surface area contributed by atoms with Crippen molar-refractivity contribution >= 4 is 11.6 Å². The van der Waals surface area contributed by atoms with E-state index in [0.717, 1.165) is 28.1 Å². The van der Waals surface area contributed by atoms with Gasteiger partial charge in [0.05, 0.1) is 32.6 Å². The van der Waals surface area contributed by atoms with Crippen LogP contribution in [0.25, 0.3) is 0 Å². The molecule has 1 atom stereocenters. The summed E-state index contributed by atoms with van der Waals surface area (Å²) >= 11 is 6.15. The highest BCUT2D eigenvalue weighted by Crippen LogP contribution is 2.42. The summed E-state index contributed by atoms with van der Waals surface area (Å²) in [6.07, 6.45) is 1.38. The first-order valence-electron chi connectivity index (χ1n) is 9.11. The predicted molar refractivity (Wildman–Crippen MR) is 106 cm³/mol. The second-order valence-electron chi connectivity index (χ2n) is 7.03. The number of halogens is 1. The zero-order valence-corrected chi connectivity index (χ0v) is 17.6. The van der Waals surface area contributed by atoms with Crippen molar-refractivity contribution in [2.24, 2.45) is 0 Å². The Labute approximate surface area is 170 Å². The van der Waals surface area contributed by atoms with Gasteiger partial charge in [-0.3, -0.25) is 4.98 Å². The highest BCUT2D eigenvalue weighted by Gasteiger charge is 2.33. The van der Waals surface area contributed by atoms with E-state index >= 15 is 0 Å². The fourth-order valence-corrected chi connectivity index (χ4v) is 3.34. The van der Waals surface area contributed by atoms with Crippen LogP contribution in [0.2, 0.25) is 5.02 Å². The molecule has 1 aliphatic heterocycles. The fraction of sp³-hybridized carbons (Fsp3) is 0.476. The summed E-state index contributed by atoms with van der Waals surface area (Å²) in [7, 11) is 3.25. The van der Waals surface area contributed by atoms with Crippen LogP contribution >= 0.6 is 11.6 Å². The minimum Gasteiger partial charge on any atom is -0.496 e. The smallest absolute Gasteiger partial charge is 0.205 e. The number of nitrogens with zero attached hydrogens (tertiary/aromatic N) is 1. The molecular weight excluding hydrogens is 382 g/mol. The standard InChI is InChI=1S/C21H26ClNO5/c1-13-19-17(12-27-21(2,3)28-19)16(11-23-13)20(26-9-8-24-4)15-7-6-14(22)10-18(15)25-5/h6-7,10-11,20H,8-9,12H2,1-5H3. The Hall–Kier alpha value is -1.86. The maximum Gasteiger partial charge on any atom is 0.205 e. The number of aryl methyl sites for hydroxylation is 1. The molecule has 0 radical (unpaired) electrons. The Morgan fingerprint density at radius 1 is 1.21 bits per heavy atom. The van der Waals surface area contributed by atoms with Crippen molar-refractivity contribution in [3.05, 3.63) is 51.8 Å². The number of aromatic nitrogens is 1. The summed E-state index contributed by atoms with van der Waals surface area (Å²) in [5.41, 5.74) is 3.45. The van der Waals surface area contributed by atoms with E-state index in [4.69, 9.17) is 35.3 Å². The minimum atomic E-state index is -0.706. The van der Waals surface area contributed by atoms with Gasteiger partial charge in [-0.15, -0.1) is 0 Å². The molecule has 0 saturated carbocycles. The Bertz CT molecular complexity index is 840. The topological polar surface area (TPSA) is 59.0 Å². The van der Waals surface area contributed by atoms with Crippen LogP contribution in [0.15, 0.2) is 24.4 Å². The van der Waals surface area contributed by atoms with Gasteiger partial charge >= 0.3 is 0 Å². The van der Waals surface area contributed by atoms with Crippen molar-refractivity contribution in [2.75, 3.05) is 27.4 Å². The van der Waals surface area contributed by atoms with Crippen molar-refractivity contribution in [1.29, 1.82) is 0 Å². The second-order valence-corrected chi connectivity index (χ2v) is 7.46. The molecule has 0 amide bonds. The maximum atomic E-state index is 6.20. The Kier molecular flexibility index (Phi) is 6.45. The molecule has 28 heavy (non-hydrogen) atoms. The number of ether oxygens (including phenoxy) is 5. The summed E-state index contributed by atoms with van der Waals surface area (Å²) in [5.74, 6) is 0.673. The molecule has 7 heteroatoms. The third kappa shape index (κ3) is 4.41. The molecule has 0 bridgehead atoms. The number of hydrogen-bond acceptors (Lipinski definition) is 6. The SMILES string of the molecule is COCCOC(c1ccc(Cl)cc1OC)c1cnc(C)c2c1COC(C)(C)O2. The zero-order valence-electron chi connectivity index (χ0n) is 16.9. The van der Waals surface area contributed by atoms with E-state index in [1.165, 1.54) is 0 Å². The Morgan fingerprint density at radius 2 is 2.00 bits per heavy atom. The second kappa shape index (κ2) is 8.66. The molecule has 2 heterocycles. The molecule has 1 aliphatic rings. The van der Waals surface area contributed by atoms with Gasteiger partial charge in [-0.2, -0.15) is 0 Å². The lowest BCUT2D eigenvalue weighted by Crippen LogP contribution is -2.36. The lowest BCUT2D eigenvalue weighted by atomic mass is 9.96. The highest BCUT2D eigenvalue weighted by molar-refractivity contribution is 6.30. The van der Waals surface area contributed by atoms with Crippen molar-refractivity contribution in [3.63, 3.8) is 0 Å². The third-order valence-electron chi connectivity index (χ3n) is 4.59. The van der Waals surface area contributed by atoms with Gasteiger partial charge < -0.3 is 23.7 Å². The van der Waals surface area contributed by atoms with Crippen LogP contribution in [0.3, 0.4) is 0 Å². The molecule has 1 aromatic carbocycles. The van der Waals surface area contributed by atoms with E-state index in [1.54, 1.807) is 20.3 Å². The summed E-state index contributed by atoms with van der Waals surface area (Å²) in [5, 5.41) is 0.591. The fourth-order valence-electron chi connectivity index (χ4n) is 3.18. The van der Waals surface area contributed by atoms with Gasteiger partial charge in [-0.05, 0) is 19.1 Å².